The number of halogens is 1. The summed E-state index contributed by atoms with van der Waals surface area (Å²) in [6, 6.07) is 10.9. The Labute approximate surface area is 184 Å². The monoisotopic (exact) mass is 434 g/mol. The Kier molecular flexibility index (Phi) is 4.73. The van der Waals surface area contributed by atoms with Gasteiger partial charge in [-0.15, -0.1) is 0 Å². The van der Waals surface area contributed by atoms with Gasteiger partial charge in [-0.1, -0.05) is 11.6 Å². The Balaban J connectivity index is 1.51. The third-order valence-electron chi connectivity index (χ3n) is 5.63. The molecule has 0 aliphatic carbocycles. The minimum atomic E-state index is 0.411. The maximum atomic E-state index is 9.52. The number of aryl methyl sites for hydroxylation is 1. The summed E-state index contributed by atoms with van der Waals surface area (Å²) in [4.78, 5) is 2.35. The van der Waals surface area contributed by atoms with Crippen molar-refractivity contribution in [3.8, 4) is 6.07 Å². The molecular weight excluding hydrogens is 412 g/mol. The third kappa shape index (κ3) is 3.56. The van der Waals surface area contributed by atoms with Gasteiger partial charge in [0.2, 0.25) is 0 Å². The van der Waals surface area contributed by atoms with E-state index in [1.54, 1.807) is 10.7 Å². The van der Waals surface area contributed by atoms with Crippen molar-refractivity contribution in [3.63, 3.8) is 0 Å². The lowest BCUT2D eigenvalue weighted by atomic mass is 10.1. The molecule has 31 heavy (non-hydrogen) atoms. The van der Waals surface area contributed by atoms with Gasteiger partial charge >= 0.3 is 0 Å². The average Bonchev–Trinajstić information content (AvgIpc) is 3.29. The number of nitrogens with one attached hydrogen (secondary N) is 3. The van der Waals surface area contributed by atoms with Crippen LogP contribution in [0, 0.1) is 11.3 Å². The number of benzene rings is 2. The van der Waals surface area contributed by atoms with Crippen molar-refractivity contribution in [3.05, 3.63) is 41.0 Å². The molecule has 5 rings (SSSR count). The van der Waals surface area contributed by atoms with E-state index in [0.717, 1.165) is 40.8 Å². The second-order valence-electron chi connectivity index (χ2n) is 8.30. The van der Waals surface area contributed by atoms with E-state index in [9.17, 15) is 5.26 Å². The number of nitrogens with zero attached hydrogens (tertiary/aromatic N) is 5. The minimum Gasteiger partial charge on any atom is -0.368 e. The molecule has 0 unspecified atom stereocenters. The summed E-state index contributed by atoms with van der Waals surface area (Å²) in [5.41, 5.74) is 3.90. The Morgan fingerprint density at radius 2 is 1.97 bits per heavy atom. The fraction of sp³-hybridized carbons (Fsp3) is 0.318. The lowest BCUT2D eigenvalue weighted by Crippen LogP contribution is -2.54. The van der Waals surface area contributed by atoms with Crippen molar-refractivity contribution < 1.29 is 0 Å². The van der Waals surface area contributed by atoms with Crippen LogP contribution in [0.4, 0.5) is 17.2 Å². The molecule has 2 aromatic heterocycles. The highest BCUT2D eigenvalue weighted by atomic mass is 35.5. The average molecular weight is 435 g/mol. The first-order valence-corrected chi connectivity index (χ1v) is 10.6. The van der Waals surface area contributed by atoms with Gasteiger partial charge in [0.25, 0.3) is 0 Å². The largest absolute Gasteiger partial charge is 0.368 e. The lowest BCUT2D eigenvalue weighted by molar-refractivity contribution is 0.407. The number of aromatic nitrogens is 4. The predicted molar refractivity (Wildman–Crippen MR) is 124 cm³/mol. The first kappa shape index (κ1) is 19.7. The number of hydrogen-bond acceptors (Lipinski definition) is 6. The molecule has 1 aliphatic rings. The van der Waals surface area contributed by atoms with Crippen LogP contribution >= 0.6 is 11.6 Å². The number of nitriles is 1. The predicted octanol–water partition coefficient (Wildman–Crippen LogP) is 3.90. The number of aromatic amines is 1. The zero-order valence-electron chi connectivity index (χ0n) is 17.6. The van der Waals surface area contributed by atoms with E-state index in [2.05, 4.69) is 56.8 Å². The molecule has 8 nitrogen and oxygen atoms in total. The SMILES string of the molecule is C[C@@H]1CN(c2cc(Cl)c3c(Nc4cc(C#N)c5nn(C)cc5c4)n[nH]c3c2)C[C@H](C)N1. The second-order valence-corrected chi connectivity index (χ2v) is 8.70. The Bertz CT molecular complexity index is 1320. The van der Waals surface area contributed by atoms with Crippen LogP contribution in [0.3, 0.4) is 0 Å². The van der Waals surface area contributed by atoms with Gasteiger partial charge in [0.1, 0.15) is 11.6 Å². The van der Waals surface area contributed by atoms with Crippen LogP contribution < -0.4 is 15.5 Å². The molecule has 1 fully saturated rings. The molecule has 0 spiro atoms. The zero-order chi connectivity index (χ0) is 21.7. The van der Waals surface area contributed by atoms with Crippen molar-refractivity contribution >= 4 is 50.6 Å². The van der Waals surface area contributed by atoms with Crippen molar-refractivity contribution in [1.82, 2.24) is 25.3 Å². The summed E-state index contributed by atoms with van der Waals surface area (Å²) in [6.45, 7) is 6.23. The van der Waals surface area contributed by atoms with E-state index >= 15 is 0 Å². The lowest BCUT2D eigenvalue weighted by Gasteiger charge is -2.37. The Hall–Kier alpha value is -3.28. The molecule has 1 saturated heterocycles. The van der Waals surface area contributed by atoms with Gasteiger partial charge in [-0.25, -0.2) is 0 Å². The molecule has 0 radical (unpaired) electrons. The molecule has 0 saturated carbocycles. The van der Waals surface area contributed by atoms with Gasteiger partial charge in [-0.3, -0.25) is 9.78 Å². The standard InChI is InChI=1S/C22H23ClN8/c1-12-9-31(10-13(2)25-12)17-6-18(23)20-19(7-17)27-28-22(20)26-16-4-14(8-24)21-15(5-16)11-30(3)29-21/h4-7,11-13,25H,9-10H2,1-3H3,(H2,26,27,28)/t12-,13+. The number of H-pyrrole nitrogens is 1. The second kappa shape index (κ2) is 7.45. The topological polar surface area (TPSA) is 97.6 Å². The first-order chi connectivity index (χ1) is 14.9. The molecule has 4 aromatic rings. The van der Waals surface area contributed by atoms with Gasteiger partial charge in [0, 0.05) is 55.2 Å². The molecule has 3 heterocycles. The summed E-state index contributed by atoms with van der Waals surface area (Å²) in [5.74, 6) is 0.626. The molecule has 2 atom stereocenters. The Morgan fingerprint density at radius 3 is 2.71 bits per heavy atom. The fourth-order valence-electron chi connectivity index (χ4n) is 4.45. The maximum Gasteiger partial charge on any atom is 0.161 e. The summed E-state index contributed by atoms with van der Waals surface area (Å²) in [5, 5.41) is 30.7. The molecule has 0 bridgehead atoms. The molecule has 2 aromatic carbocycles. The van der Waals surface area contributed by atoms with Crippen LogP contribution in [0.25, 0.3) is 21.8 Å². The normalized spacial score (nSPS) is 19.1. The summed E-state index contributed by atoms with van der Waals surface area (Å²) >= 11 is 6.72. The van der Waals surface area contributed by atoms with Gasteiger partial charge in [0.15, 0.2) is 5.82 Å². The molecule has 158 valence electrons. The van der Waals surface area contributed by atoms with Crippen LogP contribution in [0.2, 0.25) is 5.02 Å². The zero-order valence-corrected chi connectivity index (χ0v) is 18.3. The fourth-order valence-corrected chi connectivity index (χ4v) is 4.76. The van der Waals surface area contributed by atoms with Crippen LogP contribution in [0.5, 0.6) is 0 Å². The van der Waals surface area contributed by atoms with E-state index < -0.39 is 0 Å². The van der Waals surface area contributed by atoms with E-state index in [1.807, 2.05) is 25.4 Å². The number of anilines is 3. The molecule has 1 aliphatic heterocycles. The molecule has 0 amide bonds. The van der Waals surface area contributed by atoms with Gasteiger partial charge in [0.05, 0.1) is 21.5 Å². The first-order valence-electron chi connectivity index (χ1n) is 10.2. The molecule has 9 heteroatoms. The highest BCUT2D eigenvalue weighted by Gasteiger charge is 2.23. The van der Waals surface area contributed by atoms with Gasteiger partial charge in [-0.05, 0) is 38.1 Å². The van der Waals surface area contributed by atoms with Crippen LogP contribution in [0.15, 0.2) is 30.5 Å². The summed E-state index contributed by atoms with van der Waals surface area (Å²) < 4.78 is 1.70. The third-order valence-corrected chi connectivity index (χ3v) is 5.93. The highest BCUT2D eigenvalue weighted by molar-refractivity contribution is 6.36. The van der Waals surface area contributed by atoms with E-state index in [-0.39, 0.29) is 0 Å². The van der Waals surface area contributed by atoms with Gasteiger partial charge < -0.3 is 15.5 Å². The van der Waals surface area contributed by atoms with Crippen molar-refractivity contribution in [2.45, 2.75) is 25.9 Å². The van der Waals surface area contributed by atoms with E-state index in [1.165, 1.54) is 0 Å². The number of hydrogen-bond donors (Lipinski definition) is 3. The van der Waals surface area contributed by atoms with Crippen molar-refractivity contribution in [1.29, 1.82) is 5.26 Å². The van der Waals surface area contributed by atoms with Crippen molar-refractivity contribution in [2.75, 3.05) is 23.3 Å². The maximum absolute atomic E-state index is 9.52. The summed E-state index contributed by atoms with van der Waals surface area (Å²) in [6.07, 6.45) is 1.89. The van der Waals surface area contributed by atoms with Crippen molar-refractivity contribution in [2.24, 2.45) is 7.05 Å². The Morgan fingerprint density at radius 1 is 1.19 bits per heavy atom. The van der Waals surface area contributed by atoms with Crippen LogP contribution in [0.1, 0.15) is 19.4 Å². The van der Waals surface area contributed by atoms with E-state index in [0.29, 0.717) is 34.0 Å². The quantitative estimate of drug-likeness (QED) is 0.452. The molecular formula is C22H23ClN8. The smallest absolute Gasteiger partial charge is 0.161 e. The number of rotatable bonds is 3. The van der Waals surface area contributed by atoms with Gasteiger partial charge in [-0.2, -0.15) is 15.5 Å². The number of fused-ring (bicyclic) bond motifs is 2. The molecule has 3 N–H and O–H groups in total. The highest BCUT2D eigenvalue weighted by Crippen LogP contribution is 2.35. The van der Waals surface area contributed by atoms with E-state index in [4.69, 9.17) is 11.6 Å². The summed E-state index contributed by atoms with van der Waals surface area (Å²) in [7, 11) is 1.84. The van der Waals surface area contributed by atoms with Crippen LogP contribution in [-0.2, 0) is 7.05 Å². The van der Waals surface area contributed by atoms with Crippen LogP contribution in [-0.4, -0.2) is 45.2 Å². The minimum absolute atomic E-state index is 0.411. The number of piperazine rings is 1.